The highest BCUT2D eigenvalue weighted by Gasteiger charge is 2.03. The molecule has 0 amide bonds. The number of benzene rings is 2. The van der Waals surface area contributed by atoms with Crippen LogP contribution in [0.3, 0.4) is 0 Å². The third-order valence-corrected chi connectivity index (χ3v) is 4.01. The molecule has 0 bridgehead atoms. The first-order valence-electron chi connectivity index (χ1n) is 8.31. The predicted octanol–water partition coefficient (Wildman–Crippen LogP) is 4.66. The molecule has 0 aromatic heterocycles. The van der Waals surface area contributed by atoms with Crippen LogP contribution >= 0.6 is 0 Å². The summed E-state index contributed by atoms with van der Waals surface area (Å²) in [6.07, 6.45) is 4.81. The Morgan fingerprint density at radius 1 is 0.875 bits per heavy atom. The van der Waals surface area contributed by atoms with E-state index < -0.39 is 0 Å². The van der Waals surface area contributed by atoms with Gasteiger partial charge in [-0.1, -0.05) is 36.4 Å². The van der Waals surface area contributed by atoms with Crippen molar-refractivity contribution in [2.24, 2.45) is 0 Å². The van der Waals surface area contributed by atoms with Crippen LogP contribution in [-0.2, 0) is 0 Å². The van der Waals surface area contributed by atoms with Crippen LogP contribution in [-0.4, -0.2) is 27.2 Å². The Kier molecular flexibility index (Phi) is 6.45. The SMILES string of the molecule is CCN(CCC#N)c1ccc(C=Cc2ccc(N(C)C)cc2)cc1. The van der Waals surface area contributed by atoms with Crippen LogP contribution in [0.15, 0.2) is 48.5 Å². The Balaban J connectivity index is 2.04. The van der Waals surface area contributed by atoms with Crippen LogP contribution in [0.2, 0.25) is 0 Å². The summed E-state index contributed by atoms with van der Waals surface area (Å²) in [5.41, 5.74) is 4.73. The third kappa shape index (κ3) is 4.89. The van der Waals surface area contributed by atoms with Gasteiger partial charge in [0, 0.05) is 38.6 Å². The number of nitrogens with zero attached hydrogens (tertiary/aromatic N) is 3. The van der Waals surface area contributed by atoms with E-state index in [2.05, 4.69) is 83.5 Å². The molecule has 0 atom stereocenters. The van der Waals surface area contributed by atoms with Gasteiger partial charge in [-0.2, -0.15) is 5.26 Å². The lowest BCUT2D eigenvalue weighted by molar-refractivity contribution is 0.827. The fourth-order valence-corrected chi connectivity index (χ4v) is 2.53. The first-order valence-corrected chi connectivity index (χ1v) is 8.31. The molecule has 24 heavy (non-hydrogen) atoms. The van der Waals surface area contributed by atoms with Crippen LogP contribution in [0.4, 0.5) is 11.4 Å². The molecule has 2 aromatic carbocycles. The molecule has 0 aliphatic heterocycles. The molecule has 0 saturated heterocycles. The van der Waals surface area contributed by atoms with E-state index in [0.29, 0.717) is 6.42 Å². The third-order valence-electron chi connectivity index (χ3n) is 4.01. The van der Waals surface area contributed by atoms with Gasteiger partial charge in [0.15, 0.2) is 0 Å². The summed E-state index contributed by atoms with van der Waals surface area (Å²) in [6, 6.07) is 19.2. The second-order valence-electron chi connectivity index (χ2n) is 5.90. The number of rotatable bonds is 7. The molecule has 2 aromatic rings. The largest absolute Gasteiger partial charge is 0.378 e. The summed E-state index contributed by atoms with van der Waals surface area (Å²) in [5, 5.41) is 8.74. The molecule has 0 N–H and O–H groups in total. The average molecular weight is 319 g/mol. The molecule has 0 unspecified atom stereocenters. The molecule has 3 heteroatoms. The lowest BCUT2D eigenvalue weighted by Gasteiger charge is -2.21. The second kappa shape index (κ2) is 8.79. The van der Waals surface area contributed by atoms with Gasteiger partial charge in [-0.15, -0.1) is 0 Å². The summed E-state index contributed by atoms with van der Waals surface area (Å²) in [6.45, 7) is 3.80. The molecule has 2 rings (SSSR count). The highest BCUT2D eigenvalue weighted by atomic mass is 15.1. The van der Waals surface area contributed by atoms with Crippen molar-refractivity contribution in [1.29, 1.82) is 5.26 Å². The van der Waals surface area contributed by atoms with Gasteiger partial charge in [0.05, 0.1) is 12.5 Å². The predicted molar refractivity (Wildman–Crippen MR) is 104 cm³/mol. The molecule has 0 heterocycles. The minimum Gasteiger partial charge on any atom is -0.378 e. The van der Waals surface area contributed by atoms with Gasteiger partial charge in [-0.05, 0) is 42.3 Å². The smallest absolute Gasteiger partial charge is 0.0640 e. The van der Waals surface area contributed by atoms with Crippen LogP contribution < -0.4 is 9.80 Å². The van der Waals surface area contributed by atoms with Crippen LogP contribution in [0.25, 0.3) is 12.2 Å². The van der Waals surface area contributed by atoms with Crippen molar-refractivity contribution >= 4 is 23.5 Å². The normalized spacial score (nSPS) is 10.6. The Hall–Kier alpha value is -2.73. The fraction of sp³-hybridized carbons (Fsp3) is 0.286. The summed E-state index contributed by atoms with van der Waals surface area (Å²) in [5.74, 6) is 0. The quantitative estimate of drug-likeness (QED) is 0.695. The molecule has 0 aliphatic carbocycles. The second-order valence-corrected chi connectivity index (χ2v) is 5.90. The van der Waals surface area contributed by atoms with Crippen molar-refractivity contribution in [2.45, 2.75) is 13.3 Å². The van der Waals surface area contributed by atoms with E-state index in [4.69, 9.17) is 5.26 Å². The Morgan fingerprint density at radius 2 is 1.38 bits per heavy atom. The fourth-order valence-electron chi connectivity index (χ4n) is 2.53. The lowest BCUT2D eigenvalue weighted by atomic mass is 10.1. The molecular formula is C21H25N3. The zero-order valence-electron chi connectivity index (χ0n) is 14.7. The van der Waals surface area contributed by atoms with Gasteiger partial charge in [0.25, 0.3) is 0 Å². The topological polar surface area (TPSA) is 30.3 Å². The van der Waals surface area contributed by atoms with Crippen LogP contribution in [0.1, 0.15) is 24.5 Å². The number of anilines is 2. The van der Waals surface area contributed by atoms with Crippen LogP contribution in [0, 0.1) is 11.3 Å². The summed E-state index contributed by atoms with van der Waals surface area (Å²) < 4.78 is 0. The maximum absolute atomic E-state index is 8.74. The number of nitriles is 1. The first kappa shape index (κ1) is 17.6. The van der Waals surface area contributed by atoms with E-state index in [9.17, 15) is 0 Å². The number of hydrogen-bond donors (Lipinski definition) is 0. The lowest BCUT2D eigenvalue weighted by Crippen LogP contribution is -2.23. The van der Waals surface area contributed by atoms with Gasteiger partial charge in [-0.25, -0.2) is 0 Å². The van der Waals surface area contributed by atoms with Crippen molar-refractivity contribution in [1.82, 2.24) is 0 Å². The maximum Gasteiger partial charge on any atom is 0.0640 e. The minimum absolute atomic E-state index is 0.554. The monoisotopic (exact) mass is 319 g/mol. The first-order chi connectivity index (χ1) is 11.6. The highest BCUT2D eigenvalue weighted by molar-refractivity contribution is 5.71. The van der Waals surface area contributed by atoms with E-state index in [-0.39, 0.29) is 0 Å². The molecule has 3 nitrogen and oxygen atoms in total. The van der Waals surface area contributed by atoms with E-state index in [1.165, 1.54) is 22.5 Å². The summed E-state index contributed by atoms with van der Waals surface area (Å²) >= 11 is 0. The van der Waals surface area contributed by atoms with E-state index in [0.717, 1.165) is 13.1 Å². The molecule has 0 fully saturated rings. The van der Waals surface area contributed by atoms with Crippen molar-refractivity contribution < 1.29 is 0 Å². The Morgan fingerprint density at radius 3 is 1.79 bits per heavy atom. The molecule has 0 aliphatic rings. The Bertz CT molecular complexity index is 691. The van der Waals surface area contributed by atoms with Gasteiger partial charge in [0.2, 0.25) is 0 Å². The molecule has 124 valence electrons. The van der Waals surface area contributed by atoms with E-state index in [1.807, 2.05) is 14.1 Å². The molecular weight excluding hydrogens is 294 g/mol. The van der Waals surface area contributed by atoms with Gasteiger partial charge < -0.3 is 9.80 Å². The Labute approximate surface area is 145 Å². The molecule has 0 radical (unpaired) electrons. The summed E-state index contributed by atoms with van der Waals surface area (Å²) in [4.78, 5) is 4.31. The zero-order chi connectivity index (χ0) is 17.4. The summed E-state index contributed by atoms with van der Waals surface area (Å²) in [7, 11) is 4.09. The van der Waals surface area contributed by atoms with Crippen LogP contribution in [0.5, 0.6) is 0 Å². The van der Waals surface area contributed by atoms with Crippen molar-refractivity contribution in [3.05, 3.63) is 59.7 Å². The standard InChI is InChI=1S/C21H25N3/c1-4-24(17-5-16-22)21-14-10-19(11-15-21)7-6-18-8-12-20(13-9-18)23(2)3/h6-15H,4-5,17H2,1-3H3. The molecule has 0 saturated carbocycles. The van der Waals surface area contributed by atoms with E-state index >= 15 is 0 Å². The van der Waals surface area contributed by atoms with Gasteiger partial charge >= 0.3 is 0 Å². The minimum atomic E-state index is 0.554. The molecule has 0 spiro atoms. The van der Waals surface area contributed by atoms with Gasteiger partial charge in [0.1, 0.15) is 0 Å². The van der Waals surface area contributed by atoms with Crippen molar-refractivity contribution in [3.63, 3.8) is 0 Å². The van der Waals surface area contributed by atoms with E-state index in [1.54, 1.807) is 0 Å². The van der Waals surface area contributed by atoms with Crippen molar-refractivity contribution in [3.8, 4) is 6.07 Å². The van der Waals surface area contributed by atoms with Crippen molar-refractivity contribution in [2.75, 3.05) is 37.0 Å². The average Bonchev–Trinajstić information content (AvgIpc) is 2.62. The van der Waals surface area contributed by atoms with Gasteiger partial charge in [-0.3, -0.25) is 0 Å². The highest BCUT2D eigenvalue weighted by Crippen LogP contribution is 2.18. The maximum atomic E-state index is 8.74. The number of hydrogen-bond acceptors (Lipinski definition) is 3. The zero-order valence-corrected chi connectivity index (χ0v) is 14.7.